The summed E-state index contributed by atoms with van der Waals surface area (Å²) in [6.45, 7) is 5.04. The number of carbonyl (C=O) groups is 1. The van der Waals surface area contributed by atoms with Gasteiger partial charge < -0.3 is 4.74 Å². The lowest BCUT2D eigenvalue weighted by molar-refractivity contribution is 0.0472. The molecule has 0 N–H and O–H groups in total. The average Bonchev–Trinajstić information content (AvgIpc) is 2.67. The van der Waals surface area contributed by atoms with Crippen LogP contribution in [-0.2, 0) is 21.4 Å². The Bertz CT molecular complexity index is 795. The fourth-order valence-electron chi connectivity index (χ4n) is 2.57. The van der Waals surface area contributed by atoms with Gasteiger partial charge in [-0.2, -0.15) is 4.31 Å². The van der Waals surface area contributed by atoms with Crippen LogP contribution in [0.1, 0.15) is 42.6 Å². The zero-order valence-electron chi connectivity index (χ0n) is 15.2. The molecule has 0 aliphatic rings. The molecule has 0 aliphatic heterocycles. The third-order valence-electron chi connectivity index (χ3n) is 3.89. The number of hydrogen-bond acceptors (Lipinski definition) is 4. The number of hydrogen-bond donors (Lipinski definition) is 0. The predicted octanol–water partition coefficient (Wildman–Crippen LogP) is 3.85. The topological polar surface area (TPSA) is 63.7 Å². The summed E-state index contributed by atoms with van der Waals surface area (Å²) in [6, 6.07) is 15.3. The highest BCUT2D eigenvalue weighted by molar-refractivity contribution is 7.89. The summed E-state index contributed by atoms with van der Waals surface area (Å²) in [7, 11) is -3.54. The summed E-state index contributed by atoms with van der Waals surface area (Å²) in [5, 5.41) is 0. The minimum absolute atomic E-state index is 0.181. The molecule has 0 radical (unpaired) electrons. The molecule has 0 atom stereocenters. The van der Waals surface area contributed by atoms with Crippen molar-refractivity contribution in [3.63, 3.8) is 0 Å². The van der Waals surface area contributed by atoms with Gasteiger partial charge in [-0.1, -0.05) is 44.2 Å². The Balaban J connectivity index is 2.07. The molecule has 0 bridgehead atoms. The van der Waals surface area contributed by atoms with Crippen molar-refractivity contribution in [3.05, 3.63) is 65.7 Å². The molecule has 0 saturated carbocycles. The van der Waals surface area contributed by atoms with Crippen molar-refractivity contribution < 1.29 is 17.9 Å². The van der Waals surface area contributed by atoms with Gasteiger partial charge in [0.15, 0.2) is 0 Å². The number of sulfonamides is 1. The lowest BCUT2D eigenvalue weighted by Crippen LogP contribution is -2.32. The monoisotopic (exact) mass is 375 g/mol. The second-order valence-corrected chi connectivity index (χ2v) is 7.93. The van der Waals surface area contributed by atoms with Gasteiger partial charge in [0, 0.05) is 13.1 Å². The van der Waals surface area contributed by atoms with Crippen molar-refractivity contribution in [2.24, 2.45) is 0 Å². The molecule has 0 saturated heterocycles. The predicted molar refractivity (Wildman–Crippen MR) is 101 cm³/mol. The molecule has 0 aliphatic carbocycles. The van der Waals surface area contributed by atoms with Crippen molar-refractivity contribution in [1.29, 1.82) is 0 Å². The third kappa shape index (κ3) is 5.16. The molecule has 0 aromatic heterocycles. The summed E-state index contributed by atoms with van der Waals surface area (Å²) >= 11 is 0. The van der Waals surface area contributed by atoms with Crippen LogP contribution < -0.4 is 0 Å². The summed E-state index contributed by atoms with van der Waals surface area (Å²) in [5.74, 6) is -0.475. The summed E-state index contributed by atoms with van der Waals surface area (Å²) in [5.41, 5.74) is 1.23. The van der Waals surface area contributed by atoms with E-state index in [4.69, 9.17) is 4.74 Å². The van der Waals surface area contributed by atoms with Crippen LogP contribution in [0.5, 0.6) is 0 Å². The molecule has 0 spiro atoms. The first-order valence-corrected chi connectivity index (χ1v) is 10.2. The smallest absolute Gasteiger partial charge is 0.338 e. The molecular formula is C20H25NO4S. The molecule has 0 unspecified atom stereocenters. The van der Waals surface area contributed by atoms with E-state index in [1.807, 2.05) is 44.2 Å². The van der Waals surface area contributed by atoms with Crippen molar-refractivity contribution in [2.45, 2.75) is 38.2 Å². The third-order valence-corrected chi connectivity index (χ3v) is 5.80. The number of nitrogens with zero attached hydrogens (tertiary/aromatic N) is 1. The second kappa shape index (κ2) is 9.50. The lowest BCUT2D eigenvalue weighted by atomic mass is 10.2. The number of carbonyl (C=O) groups excluding carboxylic acids is 1. The fourth-order valence-corrected chi connectivity index (χ4v) is 4.19. The molecule has 2 aromatic rings. The molecule has 2 rings (SSSR count). The minimum atomic E-state index is -3.54. The SMILES string of the molecule is CCCN(CCC)S(=O)(=O)c1ccc(C(=O)OCc2ccccc2)cc1. The molecule has 0 amide bonds. The Hall–Kier alpha value is -2.18. The van der Waals surface area contributed by atoms with Crippen LogP contribution in [0.25, 0.3) is 0 Å². The number of esters is 1. The Morgan fingerprint density at radius 1 is 0.923 bits per heavy atom. The van der Waals surface area contributed by atoms with Gasteiger partial charge >= 0.3 is 5.97 Å². The molecule has 0 fully saturated rings. The first-order valence-electron chi connectivity index (χ1n) is 8.80. The molecule has 0 heterocycles. The number of ether oxygens (including phenoxy) is 1. The van der Waals surface area contributed by atoms with Crippen molar-refractivity contribution in [3.8, 4) is 0 Å². The van der Waals surface area contributed by atoms with Gasteiger partial charge in [0.1, 0.15) is 6.61 Å². The molecule has 6 heteroatoms. The first-order chi connectivity index (χ1) is 12.5. The van der Waals surface area contributed by atoms with Crippen LogP contribution in [0.2, 0.25) is 0 Å². The Morgan fingerprint density at radius 3 is 2.04 bits per heavy atom. The maximum absolute atomic E-state index is 12.7. The Morgan fingerprint density at radius 2 is 1.50 bits per heavy atom. The quantitative estimate of drug-likeness (QED) is 0.625. The number of benzene rings is 2. The van der Waals surface area contributed by atoms with E-state index < -0.39 is 16.0 Å². The average molecular weight is 375 g/mol. The zero-order chi connectivity index (χ0) is 19.0. The van der Waals surface area contributed by atoms with Crippen LogP contribution in [0.15, 0.2) is 59.5 Å². The molecule has 2 aromatic carbocycles. The number of rotatable bonds is 9. The van der Waals surface area contributed by atoms with Crippen molar-refractivity contribution >= 4 is 16.0 Å². The van der Waals surface area contributed by atoms with Crippen molar-refractivity contribution in [2.75, 3.05) is 13.1 Å². The van der Waals surface area contributed by atoms with Gasteiger partial charge in [-0.3, -0.25) is 0 Å². The van der Waals surface area contributed by atoms with Crippen LogP contribution in [0.3, 0.4) is 0 Å². The van der Waals surface area contributed by atoms with E-state index in [9.17, 15) is 13.2 Å². The highest BCUT2D eigenvalue weighted by Crippen LogP contribution is 2.18. The summed E-state index contributed by atoms with van der Waals surface area (Å²) < 4.78 is 32.2. The van der Waals surface area contributed by atoms with E-state index in [0.29, 0.717) is 18.7 Å². The molecule has 26 heavy (non-hydrogen) atoms. The van der Waals surface area contributed by atoms with Gasteiger partial charge in [0.25, 0.3) is 0 Å². The first kappa shape index (κ1) is 20.1. The van der Waals surface area contributed by atoms with E-state index in [1.165, 1.54) is 28.6 Å². The van der Waals surface area contributed by atoms with Gasteiger partial charge in [-0.25, -0.2) is 13.2 Å². The van der Waals surface area contributed by atoms with Crippen molar-refractivity contribution in [1.82, 2.24) is 4.31 Å². The Kier molecular flexibility index (Phi) is 7.36. The lowest BCUT2D eigenvalue weighted by Gasteiger charge is -2.21. The second-order valence-electron chi connectivity index (χ2n) is 5.99. The highest BCUT2D eigenvalue weighted by atomic mass is 32.2. The van der Waals surface area contributed by atoms with Gasteiger partial charge in [0.2, 0.25) is 10.0 Å². The highest BCUT2D eigenvalue weighted by Gasteiger charge is 2.23. The summed E-state index contributed by atoms with van der Waals surface area (Å²) in [4.78, 5) is 12.3. The normalized spacial score (nSPS) is 11.5. The maximum Gasteiger partial charge on any atom is 0.338 e. The van der Waals surface area contributed by atoms with Gasteiger partial charge in [0.05, 0.1) is 10.5 Å². The van der Waals surface area contributed by atoms with Crippen LogP contribution in [0, 0.1) is 0 Å². The maximum atomic E-state index is 12.7. The van der Waals surface area contributed by atoms with Crippen LogP contribution in [-0.4, -0.2) is 31.8 Å². The van der Waals surface area contributed by atoms with E-state index in [0.717, 1.165) is 18.4 Å². The minimum Gasteiger partial charge on any atom is -0.457 e. The van der Waals surface area contributed by atoms with Crippen LogP contribution in [0.4, 0.5) is 0 Å². The van der Waals surface area contributed by atoms with Gasteiger partial charge in [-0.15, -0.1) is 0 Å². The van der Waals surface area contributed by atoms with E-state index >= 15 is 0 Å². The largest absolute Gasteiger partial charge is 0.457 e. The fraction of sp³-hybridized carbons (Fsp3) is 0.350. The summed E-state index contributed by atoms with van der Waals surface area (Å²) in [6.07, 6.45) is 1.51. The van der Waals surface area contributed by atoms with E-state index in [-0.39, 0.29) is 11.5 Å². The molecule has 5 nitrogen and oxygen atoms in total. The molecule has 140 valence electrons. The van der Waals surface area contributed by atoms with Gasteiger partial charge in [-0.05, 0) is 42.7 Å². The Labute approximate surface area is 155 Å². The zero-order valence-corrected chi connectivity index (χ0v) is 16.0. The van der Waals surface area contributed by atoms with E-state index in [1.54, 1.807) is 0 Å². The standard InChI is InChI=1S/C20H25NO4S/c1-3-14-21(15-4-2)26(23,24)19-12-10-18(11-13-19)20(22)25-16-17-8-6-5-7-9-17/h5-13H,3-4,14-16H2,1-2H3. The van der Waals surface area contributed by atoms with E-state index in [2.05, 4.69) is 0 Å². The molecular weight excluding hydrogens is 350 g/mol. The van der Waals surface area contributed by atoms with Crippen LogP contribution >= 0.6 is 0 Å².